The van der Waals surface area contributed by atoms with Crippen LogP contribution in [-0.4, -0.2) is 61.2 Å². The Morgan fingerprint density at radius 2 is 1.65 bits per heavy atom. The van der Waals surface area contributed by atoms with E-state index in [1.807, 2.05) is 54.6 Å². The van der Waals surface area contributed by atoms with Crippen molar-refractivity contribution in [2.24, 2.45) is 11.3 Å². The minimum Gasteiger partial charge on any atom is -0.481 e. The molecule has 0 radical (unpaired) electrons. The molecule has 6 rings (SSSR count). The molecule has 1 saturated carbocycles. The van der Waals surface area contributed by atoms with Gasteiger partial charge in [0.1, 0.15) is 0 Å². The standard InChI is InChI=1S/C42H52Cl2N4O6S/c1-25(2)55(53,54)47-39(51)28-14-10-27(11-15-28)23-48-24-42(32-21-29(43)16-19-34(32)48)35(22-41(3,4)5)46-38(37(42)31-8-6-7-9-33(31)44)40(52)45-30-17-12-26(13-18-30)20-36(49)50/h6-11,14-16,19,21,25-26,30,35,37-38,46H,12-13,17-18,20,22-24H2,1-5H3,(H,45,52)(H,47,51)(H,49,50)/t26-,30-,35-,37-,38+,42-/m0/s1. The van der Waals surface area contributed by atoms with Crippen LogP contribution in [0.5, 0.6) is 0 Å². The van der Waals surface area contributed by atoms with E-state index < -0.39 is 38.6 Å². The highest BCUT2D eigenvalue weighted by molar-refractivity contribution is 7.90. The summed E-state index contributed by atoms with van der Waals surface area (Å²) in [4.78, 5) is 41.1. The van der Waals surface area contributed by atoms with Crippen molar-refractivity contribution in [1.82, 2.24) is 15.4 Å². The van der Waals surface area contributed by atoms with E-state index in [9.17, 15) is 27.9 Å². The van der Waals surface area contributed by atoms with Gasteiger partial charge in [-0.1, -0.05) is 74.3 Å². The lowest BCUT2D eigenvalue weighted by atomic mass is 9.63. The molecule has 296 valence electrons. The van der Waals surface area contributed by atoms with E-state index in [-0.39, 0.29) is 47.2 Å². The number of carboxylic acid groups (broad SMARTS) is 1. The second-order valence-electron chi connectivity index (χ2n) is 17.1. The second-order valence-corrected chi connectivity index (χ2v) is 20.1. The van der Waals surface area contributed by atoms with Gasteiger partial charge in [0.2, 0.25) is 15.9 Å². The maximum absolute atomic E-state index is 14.7. The van der Waals surface area contributed by atoms with Gasteiger partial charge >= 0.3 is 5.97 Å². The minimum absolute atomic E-state index is 0.0544. The van der Waals surface area contributed by atoms with Crippen molar-refractivity contribution in [1.29, 1.82) is 0 Å². The van der Waals surface area contributed by atoms with Crippen molar-refractivity contribution >= 4 is 56.7 Å². The first-order valence-electron chi connectivity index (χ1n) is 19.1. The van der Waals surface area contributed by atoms with E-state index in [2.05, 4.69) is 41.0 Å². The number of nitrogens with zero attached hydrogens (tertiary/aromatic N) is 1. The molecule has 1 saturated heterocycles. The van der Waals surface area contributed by atoms with Crippen LogP contribution in [0.1, 0.15) is 106 Å². The highest BCUT2D eigenvalue weighted by Gasteiger charge is 2.62. The van der Waals surface area contributed by atoms with Gasteiger partial charge in [-0.15, -0.1) is 0 Å². The predicted octanol–water partition coefficient (Wildman–Crippen LogP) is 7.43. The van der Waals surface area contributed by atoms with Crippen molar-refractivity contribution in [3.63, 3.8) is 0 Å². The van der Waals surface area contributed by atoms with Gasteiger partial charge < -0.3 is 20.6 Å². The molecule has 3 aromatic carbocycles. The number of fused-ring (bicyclic) bond motifs is 2. The number of nitrogens with one attached hydrogen (secondary N) is 3. The van der Waals surface area contributed by atoms with E-state index >= 15 is 0 Å². The molecule has 2 heterocycles. The SMILES string of the molecule is CC(C)S(=O)(=O)NC(=O)c1ccc(CN2C[C@]3(c4cc(Cl)ccc42)[C@H](CC(C)(C)C)N[C@@H](C(=O)N[C@H]2CC[C@H](CC(=O)O)CC2)[C@@H]3c2ccccc2Cl)cc1. The molecule has 0 unspecified atom stereocenters. The van der Waals surface area contributed by atoms with E-state index in [0.717, 1.165) is 54.5 Å². The van der Waals surface area contributed by atoms with Crippen molar-refractivity contribution in [2.75, 3.05) is 11.4 Å². The fourth-order valence-electron chi connectivity index (χ4n) is 8.93. The summed E-state index contributed by atoms with van der Waals surface area (Å²) < 4.78 is 26.8. The number of aliphatic carboxylic acids is 1. The normalized spacial score (nSPS) is 25.2. The van der Waals surface area contributed by atoms with Crippen LogP contribution < -0.4 is 20.3 Å². The van der Waals surface area contributed by atoms with Crippen LogP contribution in [0.2, 0.25) is 10.0 Å². The third kappa shape index (κ3) is 8.85. The maximum atomic E-state index is 14.7. The number of carboxylic acids is 1. The van der Waals surface area contributed by atoms with Crippen molar-refractivity contribution < 1.29 is 27.9 Å². The number of carbonyl (C=O) groups is 3. The predicted molar refractivity (Wildman–Crippen MR) is 217 cm³/mol. The molecule has 4 atom stereocenters. The molecule has 13 heteroatoms. The number of sulfonamides is 1. The Balaban J connectivity index is 1.37. The van der Waals surface area contributed by atoms with Crippen molar-refractivity contribution in [3.05, 3.63) is 99.0 Å². The van der Waals surface area contributed by atoms with Gasteiger partial charge in [0.25, 0.3) is 5.91 Å². The van der Waals surface area contributed by atoms with Crippen LogP contribution in [0.4, 0.5) is 5.69 Å². The fourth-order valence-corrected chi connectivity index (χ4v) is 9.96. The largest absolute Gasteiger partial charge is 0.481 e. The average molecular weight is 812 g/mol. The molecular formula is C42H52Cl2N4O6S. The van der Waals surface area contributed by atoms with E-state index in [1.165, 1.54) is 13.8 Å². The quantitative estimate of drug-likeness (QED) is 0.157. The highest BCUT2D eigenvalue weighted by atomic mass is 35.5. The summed E-state index contributed by atoms with van der Waals surface area (Å²) in [7, 11) is -3.78. The van der Waals surface area contributed by atoms with Gasteiger partial charge in [-0.3, -0.25) is 14.4 Å². The molecule has 1 aliphatic carbocycles. The number of amides is 2. The van der Waals surface area contributed by atoms with Crippen molar-refractivity contribution in [2.45, 2.75) is 114 Å². The summed E-state index contributed by atoms with van der Waals surface area (Å²) in [6.45, 7) is 10.7. The summed E-state index contributed by atoms with van der Waals surface area (Å²) in [5.74, 6) is -1.83. The zero-order chi connectivity index (χ0) is 39.9. The zero-order valence-electron chi connectivity index (χ0n) is 32.1. The zero-order valence-corrected chi connectivity index (χ0v) is 34.4. The van der Waals surface area contributed by atoms with Gasteiger partial charge in [-0.2, -0.15) is 0 Å². The summed E-state index contributed by atoms with van der Waals surface area (Å²) in [6.07, 6.45) is 3.86. The lowest BCUT2D eigenvalue weighted by Gasteiger charge is -2.40. The van der Waals surface area contributed by atoms with Crippen LogP contribution in [-0.2, 0) is 31.6 Å². The number of hydrogen-bond donors (Lipinski definition) is 4. The summed E-state index contributed by atoms with van der Waals surface area (Å²) in [5, 5.41) is 17.0. The fraction of sp³-hybridized carbons (Fsp3) is 0.500. The van der Waals surface area contributed by atoms with Gasteiger partial charge in [0, 0.05) is 64.2 Å². The Labute approximate surface area is 334 Å². The number of halogens is 2. The number of anilines is 1. The topological polar surface area (TPSA) is 145 Å². The van der Waals surface area contributed by atoms with Gasteiger partial charge in [0.15, 0.2) is 0 Å². The van der Waals surface area contributed by atoms with Crippen LogP contribution in [0.15, 0.2) is 66.7 Å². The summed E-state index contributed by atoms with van der Waals surface area (Å²) in [5.41, 5.74) is 3.29. The van der Waals surface area contributed by atoms with Crippen LogP contribution in [0, 0.1) is 11.3 Å². The average Bonchev–Trinajstić information content (AvgIpc) is 3.58. The number of hydrogen-bond acceptors (Lipinski definition) is 7. The Bertz CT molecular complexity index is 2030. The summed E-state index contributed by atoms with van der Waals surface area (Å²) >= 11 is 13.9. The molecule has 2 fully saturated rings. The monoisotopic (exact) mass is 810 g/mol. The van der Waals surface area contributed by atoms with E-state index in [4.69, 9.17) is 23.2 Å². The molecule has 3 aromatic rings. The summed E-state index contributed by atoms with van der Waals surface area (Å²) in [6, 6.07) is 19.8. The first-order valence-corrected chi connectivity index (χ1v) is 21.4. The van der Waals surface area contributed by atoms with Gasteiger partial charge in [0.05, 0.1) is 11.3 Å². The lowest BCUT2D eigenvalue weighted by molar-refractivity contribution is -0.138. The van der Waals surface area contributed by atoms with Crippen LogP contribution >= 0.6 is 23.2 Å². The second kappa shape index (κ2) is 16.1. The van der Waals surface area contributed by atoms with Crippen LogP contribution in [0.25, 0.3) is 0 Å². The molecule has 3 aliphatic rings. The van der Waals surface area contributed by atoms with E-state index in [1.54, 1.807) is 12.1 Å². The van der Waals surface area contributed by atoms with Crippen molar-refractivity contribution in [3.8, 4) is 0 Å². The molecule has 10 nitrogen and oxygen atoms in total. The molecule has 2 amide bonds. The molecule has 0 bridgehead atoms. The number of carbonyl (C=O) groups excluding carboxylic acids is 2. The first kappa shape index (κ1) is 41.0. The molecule has 0 aromatic heterocycles. The number of benzene rings is 3. The van der Waals surface area contributed by atoms with Gasteiger partial charge in [-0.25, -0.2) is 13.1 Å². The molecule has 2 aliphatic heterocycles. The smallest absolute Gasteiger partial charge is 0.303 e. The third-order valence-electron chi connectivity index (χ3n) is 11.6. The molecular weight excluding hydrogens is 759 g/mol. The van der Waals surface area contributed by atoms with E-state index in [0.29, 0.717) is 23.1 Å². The Kier molecular flexibility index (Phi) is 12.0. The lowest BCUT2D eigenvalue weighted by Crippen LogP contribution is -2.49. The molecule has 4 N–H and O–H groups in total. The highest BCUT2D eigenvalue weighted by Crippen LogP contribution is 2.58. The Morgan fingerprint density at radius 3 is 2.27 bits per heavy atom. The Morgan fingerprint density at radius 1 is 0.982 bits per heavy atom. The van der Waals surface area contributed by atoms with Gasteiger partial charge in [-0.05, 0) is 110 Å². The molecule has 55 heavy (non-hydrogen) atoms. The minimum atomic E-state index is -3.78. The third-order valence-corrected chi connectivity index (χ3v) is 13.9. The number of rotatable bonds is 11. The maximum Gasteiger partial charge on any atom is 0.303 e. The first-order chi connectivity index (χ1) is 25.9. The van der Waals surface area contributed by atoms with Crippen LogP contribution in [0.3, 0.4) is 0 Å². The molecule has 1 spiro atoms. The Hall–Kier alpha value is -3.64.